The van der Waals surface area contributed by atoms with E-state index in [1.165, 1.54) is 0 Å². The zero-order chi connectivity index (χ0) is 12.7. The number of hydrogen-bond donors (Lipinski definition) is 1. The lowest BCUT2D eigenvalue weighted by Gasteiger charge is -2.12. The van der Waals surface area contributed by atoms with Crippen LogP contribution in [0.1, 0.15) is 5.56 Å². The summed E-state index contributed by atoms with van der Waals surface area (Å²) in [5.74, 6) is -0.474. The standard InChI is InChI=1S/C7H3Br5O3S/c8-3-2(1-16(13,14)15)4(9)6(11)7(12)5(3)10/h1H2,(H,13,14,15). The molecule has 9 heteroatoms. The average molecular weight is 567 g/mol. The third-order valence-corrected chi connectivity index (χ3v) is 8.54. The van der Waals surface area contributed by atoms with Crippen molar-refractivity contribution in [3.05, 3.63) is 27.9 Å². The first-order chi connectivity index (χ1) is 7.15. The van der Waals surface area contributed by atoms with Crippen molar-refractivity contribution in [2.24, 2.45) is 0 Å². The van der Waals surface area contributed by atoms with E-state index in [9.17, 15) is 8.42 Å². The Morgan fingerprint density at radius 3 is 1.44 bits per heavy atom. The SMILES string of the molecule is O=S(=O)(O)Cc1c(Br)c(Br)c(Br)c(Br)c1Br. The minimum Gasteiger partial charge on any atom is -0.285 e. The fourth-order valence-corrected chi connectivity index (χ4v) is 5.39. The summed E-state index contributed by atoms with van der Waals surface area (Å²) >= 11 is 16.5. The predicted octanol–water partition coefficient (Wildman–Crippen LogP) is 4.89. The molecule has 1 aromatic rings. The molecular formula is C7H3Br5O3S. The molecule has 90 valence electrons. The Balaban J connectivity index is 3.52. The molecule has 16 heavy (non-hydrogen) atoms. The van der Waals surface area contributed by atoms with Crippen LogP contribution in [0.5, 0.6) is 0 Å². The van der Waals surface area contributed by atoms with Crippen molar-refractivity contribution < 1.29 is 13.0 Å². The summed E-state index contributed by atoms with van der Waals surface area (Å²) in [5.41, 5.74) is 0.435. The quantitative estimate of drug-likeness (QED) is 0.315. The van der Waals surface area contributed by atoms with Gasteiger partial charge in [0.15, 0.2) is 0 Å². The minimum absolute atomic E-state index is 0.435. The summed E-state index contributed by atoms with van der Waals surface area (Å²) in [7, 11) is -4.09. The third kappa shape index (κ3) is 3.52. The van der Waals surface area contributed by atoms with Crippen LogP contribution >= 0.6 is 79.6 Å². The van der Waals surface area contributed by atoms with Gasteiger partial charge in [0.25, 0.3) is 10.1 Å². The molecule has 0 aliphatic rings. The molecule has 0 saturated carbocycles. The van der Waals surface area contributed by atoms with Gasteiger partial charge in [0.05, 0.1) is 0 Å². The number of halogens is 5. The Morgan fingerprint density at radius 2 is 1.12 bits per heavy atom. The summed E-state index contributed by atoms with van der Waals surface area (Å²) in [5, 5.41) is 0. The first kappa shape index (κ1) is 15.6. The lowest BCUT2D eigenvalue weighted by atomic mass is 10.2. The molecule has 0 amide bonds. The van der Waals surface area contributed by atoms with Crippen LogP contribution in [0.3, 0.4) is 0 Å². The molecule has 0 atom stereocenters. The summed E-state index contributed by atoms with van der Waals surface area (Å²) in [4.78, 5) is 0. The molecule has 3 nitrogen and oxygen atoms in total. The first-order valence-electron chi connectivity index (χ1n) is 3.60. The van der Waals surface area contributed by atoms with E-state index in [1.807, 2.05) is 0 Å². The number of hydrogen-bond acceptors (Lipinski definition) is 2. The van der Waals surface area contributed by atoms with E-state index in [0.29, 0.717) is 23.5 Å². The molecule has 0 aliphatic heterocycles. The molecule has 1 aromatic carbocycles. The number of rotatable bonds is 2. The Labute approximate surface area is 135 Å². The van der Waals surface area contributed by atoms with E-state index < -0.39 is 15.9 Å². The van der Waals surface area contributed by atoms with Gasteiger partial charge < -0.3 is 0 Å². The molecule has 1 N–H and O–H groups in total. The van der Waals surface area contributed by atoms with Crippen LogP contribution in [0.15, 0.2) is 22.4 Å². The average Bonchev–Trinajstić information content (AvgIpc) is 2.17. The molecule has 0 bridgehead atoms. The van der Waals surface area contributed by atoms with Crippen LogP contribution in [0.25, 0.3) is 0 Å². The van der Waals surface area contributed by atoms with Gasteiger partial charge >= 0.3 is 0 Å². The molecule has 0 radical (unpaired) electrons. The van der Waals surface area contributed by atoms with Gasteiger partial charge in [0, 0.05) is 27.9 Å². The summed E-state index contributed by atoms with van der Waals surface area (Å²) in [6.45, 7) is 0. The van der Waals surface area contributed by atoms with E-state index in [4.69, 9.17) is 4.55 Å². The second kappa shape index (κ2) is 5.66. The fourth-order valence-electron chi connectivity index (χ4n) is 0.959. The summed E-state index contributed by atoms with van der Waals surface area (Å²) in [6.07, 6.45) is 0. The molecule has 0 unspecified atom stereocenters. The van der Waals surface area contributed by atoms with E-state index in [0.717, 1.165) is 4.47 Å². The van der Waals surface area contributed by atoms with Crippen molar-refractivity contribution in [2.75, 3.05) is 0 Å². The highest BCUT2D eigenvalue weighted by Crippen LogP contribution is 2.44. The maximum absolute atomic E-state index is 10.9. The molecule has 0 aliphatic carbocycles. The summed E-state index contributed by atoms with van der Waals surface area (Å²) < 4.78 is 33.8. The maximum atomic E-state index is 10.9. The van der Waals surface area contributed by atoms with E-state index >= 15 is 0 Å². The Bertz CT molecular complexity index is 510. The second-order valence-corrected chi connectivity index (χ2v) is 8.19. The van der Waals surface area contributed by atoms with Crippen molar-refractivity contribution >= 4 is 89.8 Å². The van der Waals surface area contributed by atoms with Gasteiger partial charge in [-0.15, -0.1) is 0 Å². The molecule has 1 rings (SSSR count). The first-order valence-corrected chi connectivity index (χ1v) is 9.18. The lowest BCUT2D eigenvalue weighted by Crippen LogP contribution is -2.04. The molecular weight excluding hydrogens is 564 g/mol. The Morgan fingerprint density at radius 1 is 0.812 bits per heavy atom. The van der Waals surface area contributed by atoms with Crippen molar-refractivity contribution in [1.29, 1.82) is 0 Å². The zero-order valence-corrected chi connectivity index (χ0v) is 16.0. The van der Waals surface area contributed by atoms with Crippen LogP contribution in [0, 0.1) is 0 Å². The van der Waals surface area contributed by atoms with Gasteiger partial charge in [0.1, 0.15) is 5.75 Å². The van der Waals surface area contributed by atoms with Crippen LogP contribution in [0.4, 0.5) is 0 Å². The summed E-state index contributed by atoms with van der Waals surface area (Å²) in [6, 6.07) is 0. The van der Waals surface area contributed by atoms with Crippen LogP contribution < -0.4 is 0 Å². The normalized spacial score (nSPS) is 11.9. The molecule has 0 heterocycles. The maximum Gasteiger partial charge on any atom is 0.269 e. The minimum atomic E-state index is -4.09. The largest absolute Gasteiger partial charge is 0.285 e. The van der Waals surface area contributed by atoms with Crippen LogP contribution in [-0.2, 0) is 15.9 Å². The van der Waals surface area contributed by atoms with Crippen LogP contribution in [-0.4, -0.2) is 13.0 Å². The van der Waals surface area contributed by atoms with Crippen molar-refractivity contribution in [3.8, 4) is 0 Å². The van der Waals surface area contributed by atoms with Gasteiger partial charge in [-0.05, 0) is 79.6 Å². The highest BCUT2D eigenvalue weighted by Gasteiger charge is 2.20. The second-order valence-electron chi connectivity index (χ2n) is 2.77. The fraction of sp³-hybridized carbons (Fsp3) is 0.143. The van der Waals surface area contributed by atoms with Crippen molar-refractivity contribution in [1.82, 2.24) is 0 Å². The number of benzene rings is 1. The zero-order valence-electron chi connectivity index (χ0n) is 7.27. The molecule has 0 aromatic heterocycles. The predicted molar refractivity (Wildman–Crippen MR) is 80.2 cm³/mol. The van der Waals surface area contributed by atoms with Crippen molar-refractivity contribution in [3.63, 3.8) is 0 Å². The van der Waals surface area contributed by atoms with Gasteiger partial charge in [-0.3, -0.25) is 4.55 Å². The van der Waals surface area contributed by atoms with E-state index in [1.54, 1.807) is 0 Å². The highest BCUT2D eigenvalue weighted by molar-refractivity contribution is 9.15. The van der Waals surface area contributed by atoms with Crippen molar-refractivity contribution in [2.45, 2.75) is 5.75 Å². The monoisotopic (exact) mass is 562 g/mol. The highest BCUT2D eigenvalue weighted by atomic mass is 79.9. The topological polar surface area (TPSA) is 54.4 Å². The van der Waals surface area contributed by atoms with Gasteiger partial charge in [-0.25, -0.2) is 0 Å². The molecule has 0 fully saturated rings. The van der Waals surface area contributed by atoms with Crippen LogP contribution in [0.2, 0.25) is 0 Å². The third-order valence-electron chi connectivity index (χ3n) is 1.63. The lowest BCUT2D eigenvalue weighted by molar-refractivity contribution is 0.482. The smallest absolute Gasteiger partial charge is 0.269 e. The van der Waals surface area contributed by atoms with Gasteiger partial charge in [-0.2, -0.15) is 8.42 Å². The Kier molecular flexibility index (Phi) is 5.52. The molecule has 0 spiro atoms. The Hall–Kier alpha value is 1.53. The van der Waals surface area contributed by atoms with Gasteiger partial charge in [-0.1, -0.05) is 0 Å². The molecule has 0 saturated heterocycles. The van der Waals surface area contributed by atoms with E-state index in [2.05, 4.69) is 79.6 Å². The van der Waals surface area contributed by atoms with Gasteiger partial charge in [0.2, 0.25) is 0 Å². The van der Waals surface area contributed by atoms with E-state index in [-0.39, 0.29) is 0 Å².